The van der Waals surface area contributed by atoms with Gasteiger partial charge in [-0.05, 0) is 13.0 Å². The normalized spacial score (nSPS) is 10.5. The molecule has 0 radical (unpaired) electrons. The number of hydrogen-bond donors (Lipinski definition) is 1. The summed E-state index contributed by atoms with van der Waals surface area (Å²) in [6, 6.07) is 1.95. The van der Waals surface area contributed by atoms with Gasteiger partial charge in [0.1, 0.15) is 11.4 Å². The van der Waals surface area contributed by atoms with Crippen molar-refractivity contribution in [3.05, 3.63) is 30.4 Å². The Morgan fingerprint density at radius 3 is 2.73 bits per heavy atom. The zero-order chi connectivity index (χ0) is 10.7. The third-order valence-corrected chi connectivity index (χ3v) is 2.20. The van der Waals surface area contributed by atoms with Crippen LogP contribution in [0, 0.1) is 0 Å². The number of aromatic nitrogens is 4. The van der Waals surface area contributed by atoms with Crippen molar-refractivity contribution in [2.45, 2.75) is 20.0 Å². The van der Waals surface area contributed by atoms with Crippen molar-refractivity contribution in [2.24, 2.45) is 5.73 Å². The number of rotatable bonds is 3. The van der Waals surface area contributed by atoms with Gasteiger partial charge in [-0.3, -0.25) is 14.6 Å². The van der Waals surface area contributed by atoms with Gasteiger partial charge < -0.3 is 5.73 Å². The topological polar surface area (TPSA) is 69.6 Å². The maximum absolute atomic E-state index is 5.62. The molecule has 0 aromatic carbocycles. The van der Waals surface area contributed by atoms with Crippen molar-refractivity contribution in [2.75, 3.05) is 0 Å². The molecule has 5 nitrogen and oxygen atoms in total. The summed E-state index contributed by atoms with van der Waals surface area (Å²) in [5.74, 6) is 0. The Bertz CT molecular complexity index is 413. The quantitative estimate of drug-likeness (QED) is 0.801. The second kappa shape index (κ2) is 4.18. The molecule has 0 atom stereocenters. The molecule has 2 rings (SSSR count). The van der Waals surface area contributed by atoms with Crippen molar-refractivity contribution < 1.29 is 0 Å². The van der Waals surface area contributed by atoms with E-state index >= 15 is 0 Å². The van der Waals surface area contributed by atoms with E-state index in [-0.39, 0.29) is 0 Å². The lowest BCUT2D eigenvalue weighted by Crippen LogP contribution is -2.06. The monoisotopic (exact) mass is 203 g/mol. The summed E-state index contributed by atoms with van der Waals surface area (Å²) in [7, 11) is 0. The van der Waals surface area contributed by atoms with Crippen LogP contribution in [-0.2, 0) is 13.1 Å². The summed E-state index contributed by atoms with van der Waals surface area (Å²) in [5.41, 5.74) is 8.23. The second-order valence-corrected chi connectivity index (χ2v) is 3.13. The first kappa shape index (κ1) is 9.79. The molecule has 0 spiro atoms. The zero-order valence-electron chi connectivity index (χ0n) is 8.59. The Balaban J connectivity index is 2.42. The third kappa shape index (κ3) is 1.87. The Morgan fingerprint density at radius 2 is 2.20 bits per heavy atom. The molecular formula is C10H13N5. The summed E-state index contributed by atoms with van der Waals surface area (Å²) in [6.07, 6.45) is 5.00. The first-order valence-corrected chi connectivity index (χ1v) is 4.88. The Labute approximate surface area is 88.0 Å². The van der Waals surface area contributed by atoms with Crippen molar-refractivity contribution >= 4 is 0 Å². The van der Waals surface area contributed by atoms with Crippen LogP contribution in [0.25, 0.3) is 11.4 Å². The minimum atomic E-state index is 0.487. The molecule has 15 heavy (non-hydrogen) atoms. The second-order valence-electron chi connectivity index (χ2n) is 3.13. The fourth-order valence-corrected chi connectivity index (χ4v) is 1.45. The van der Waals surface area contributed by atoms with Crippen LogP contribution in [-0.4, -0.2) is 19.7 Å². The predicted octanol–water partition coefficient (Wildman–Crippen LogP) is 0.819. The third-order valence-electron chi connectivity index (χ3n) is 2.20. The molecule has 2 aromatic heterocycles. The van der Waals surface area contributed by atoms with Crippen LogP contribution in [0.1, 0.15) is 12.6 Å². The van der Waals surface area contributed by atoms with Crippen LogP contribution in [0.4, 0.5) is 0 Å². The molecule has 78 valence electrons. The summed E-state index contributed by atoms with van der Waals surface area (Å²) in [6.45, 7) is 3.33. The molecule has 0 aliphatic carbocycles. The van der Waals surface area contributed by atoms with Gasteiger partial charge in [-0.15, -0.1) is 0 Å². The van der Waals surface area contributed by atoms with Gasteiger partial charge >= 0.3 is 0 Å². The molecule has 0 bridgehead atoms. The minimum Gasteiger partial charge on any atom is -0.325 e. The van der Waals surface area contributed by atoms with Gasteiger partial charge in [-0.2, -0.15) is 5.10 Å². The summed E-state index contributed by atoms with van der Waals surface area (Å²) in [4.78, 5) is 8.20. The zero-order valence-corrected chi connectivity index (χ0v) is 8.59. The van der Waals surface area contributed by atoms with Crippen LogP contribution in [0.15, 0.2) is 24.7 Å². The van der Waals surface area contributed by atoms with E-state index in [9.17, 15) is 0 Å². The standard InChI is InChI=1S/C10H13N5/c1-2-15-8(6-11)5-9(14-15)10-7-12-3-4-13-10/h3-5,7H,2,6,11H2,1H3. The van der Waals surface area contributed by atoms with E-state index < -0.39 is 0 Å². The number of hydrogen-bond acceptors (Lipinski definition) is 4. The Morgan fingerprint density at radius 1 is 1.33 bits per heavy atom. The molecule has 0 aliphatic rings. The number of aryl methyl sites for hydroxylation is 1. The van der Waals surface area contributed by atoms with Crippen LogP contribution in [0.3, 0.4) is 0 Å². The molecule has 0 unspecified atom stereocenters. The van der Waals surface area contributed by atoms with E-state index in [2.05, 4.69) is 15.1 Å². The smallest absolute Gasteiger partial charge is 0.113 e. The molecule has 0 fully saturated rings. The van der Waals surface area contributed by atoms with Crippen molar-refractivity contribution in [1.82, 2.24) is 19.7 Å². The van der Waals surface area contributed by atoms with E-state index in [1.807, 2.05) is 17.7 Å². The lowest BCUT2D eigenvalue weighted by molar-refractivity contribution is 0.624. The molecular weight excluding hydrogens is 190 g/mol. The van der Waals surface area contributed by atoms with Crippen LogP contribution >= 0.6 is 0 Å². The lowest BCUT2D eigenvalue weighted by atomic mass is 10.3. The first-order valence-electron chi connectivity index (χ1n) is 4.88. The maximum Gasteiger partial charge on any atom is 0.113 e. The number of nitrogens with two attached hydrogens (primary N) is 1. The van der Waals surface area contributed by atoms with E-state index in [4.69, 9.17) is 5.73 Å². The van der Waals surface area contributed by atoms with E-state index in [0.717, 1.165) is 23.6 Å². The van der Waals surface area contributed by atoms with Gasteiger partial charge in [0.15, 0.2) is 0 Å². The molecule has 0 saturated carbocycles. The average Bonchev–Trinajstić information content (AvgIpc) is 2.73. The van der Waals surface area contributed by atoms with Crippen molar-refractivity contribution in [1.29, 1.82) is 0 Å². The van der Waals surface area contributed by atoms with E-state index in [1.54, 1.807) is 18.6 Å². The highest BCUT2D eigenvalue weighted by molar-refractivity contribution is 5.52. The SMILES string of the molecule is CCn1nc(-c2cnccn2)cc1CN. The molecule has 2 aromatic rings. The van der Waals surface area contributed by atoms with Gasteiger partial charge in [-0.1, -0.05) is 0 Å². The molecule has 5 heteroatoms. The Kier molecular flexibility index (Phi) is 2.73. The van der Waals surface area contributed by atoms with Crippen LogP contribution < -0.4 is 5.73 Å². The van der Waals surface area contributed by atoms with Gasteiger partial charge in [-0.25, -0.2) is 0 Å². The van der Waals surface area contributed by atoms with Gasteiger partial charge in [0, 0.05) is 25.5 Å². The summed E-state index contributed by atoms with van der Waals surface area (Å²) < 4.78 is 1.88. The maximum atomic E-state index is 5.62. The molecule has 2 heterocycles. The predicted molar refractivity (Wildman–Crippen MR) is 56.8 cm³/mol. The van der Waals surface area contributed by atoms with Crippen molar-refractivity contribution in [3.8, 4) is 11.4 Å². The summed E-state index contributed by atoms with van der Waals surface area (Å²) in [5, 5.41) is 4.40. The minimum absolute atomic E-state index is 0.487. The van der Waals surface area contributed by atoms with Gasteiger partial charge in [0.2, 0.25) is 0 Å². The van der Waals surface area contributed by atoms with Gasteiger partial charge in [0.25, 0.3) is 0 Å². The molecule has 0 saturated heterocycles. The Hall–Kier alpha value is -1.75. The van der Waals surface area contributed by atoms with E-state index in [1.165, 1.54) is 0 Å². The fourth-order valence-electron chi connectivity index (χ4n) is 1.45. The highest BCUT2D eigenvalue weighted by Crippen LogP contribution is 2.15. The van der Waals surface area contributed by atoms with Crippen LogP contribution in [0.5, 0.6) is 0 Å². The number of nitrogens with zero attached hydrogens (tertiary/aromatic N) is 4. The van der Waals surface area contributed by atoms with E-state index in [0.29, 0.717) is 6.54 Å². The van der Waals surface area contributed by atoms with Crippen molar-refractivity contribution in [3.63, 3.8) is 0 Å². The molecule has 2 N–H and O–H groups in total. The first-order chi connectivity index (χ1) is 7.35. The lowest BCUT2D eigenvalue weighted by Gasteiger charge is -1.99. The summed E-state index contributed by atoms with van der Waals surface area (Å²) >= 11 is 0. The molecule has 0 amide bonds. The average molecular weight is 203 g/mol. The fraction of sp³-hybridized carbons (Fsp3) is 0.300. The highest BCUT2D eigenvalue weighted by atomic mass is 15.3. The largest absolute Gasteiger partial charge is 0.325 e. The molecule has 0 aliphatic heterocycles. The van der Waals surface area contributed by atoms with Crippen LogP contribution in [0.2, 0.25) is 0 Å². The van der Waals surface area contributed by atoms with Gasteiger partial charge in [0.05, 0.1) is 11.9 Å². The highest BCUT2D eigenvalue weighted by Gasteiger charge is 2.07.